The molecule has 0 fully saturated rings. The van der Waals surface area contributed by atoms with E-state index in [9.17, 15) is 14.4 Å². The smallest absolute Gasteiger partial charge is 0.210 e. The van der Waals surface area contributed by atoms with E-state index in [0.29, 0.717) is 22.2 Å². The third-order valence-corrected chi connectivity index (χ3v) is 4.96. The van der Waals surface area contributed by atoms with Gasteiger partial charge < -0.3 is 4.40 Å². The number of ketones is 3. The van der Waals surface area contributed by atoms with Gasteiger partial charge >= 0.3 is 0 Å². The average molecular weight is 351 g/mol. The molecule has 0 bridgehead atoms. The van der Waals surface area contributed by atoms with Crippen LogP contribution in [0.25, 0.3) is 5.52 Å². The van der Waals surface area contributed by atoms with E-state index in [1.54, 1.807) is 71.3 Å². The third-order valence-electron chi connectivity index (χ3n) is 4.96. The molecule has 5 rings (SSSR count). The zero-order valence-electron chi connectivity index (χ0n) is 14.2. The lowest BCUT2D eigenvalue weighted by Gasteiger charge is -2.21. The minimum atomic E-state index is -0.296. The summed E-state index contributed by atoms with van der Waals surface area (Å²) in [5.74, 6) is -0.810. The van der Waals surface area contributed by atoms with Gasteiger partial charge in [-0.1, -0.05) is 54.6 Å². The summed E-state index contributed by atoms with van der Waals surface area (Å²) >= 11 is 0. The molecule has 0 saturated carbocycles. The fourth-order valence-electron chi connectivity index (χ4n) is 3.70. The van der Waals surface area contributed by atoms with Gasteiger partial charge in [0.15, 0.2) is 11.6 Å². The molecule has 4 aromatic rings. The highest BCUT2D eigenvalue weighted by molar-refractivity contribution is 6.31. The number of carbonyl (C=O) groups is 3. The zero-order chi connectivity index (χ0) is 18.5. The van der Waals surface area contributed by atoms with E-state index in [-0.39, 0.29) is 34.2 Å². The van der Waals surface area contributed by atoms with Crippen molar-refractivity contribution < 1.29 is 14.4 Å². The van der Waals surface area contributed by atoms with Crippen LogP contribution in [0.2, 0.25) is 0 Å². The van der Waals surface area contributed by atoms with Gasteiger partial charge in [-0.3, -0.25) is 14.4 Å². The van der Waals surface area contributed by atoms with Gasteiger partial charge in [0.2, 0.25) is 5.78 Å². The molecule has 0 aliphatic heterocycles. The quantitative estimate of drug-likeness (QED) is 0.453. The maximum absolute atomic E-state index is 13.3. The van der Waals surface area contributed by atoms with Crippen LogP contribution in [0.4, 0.5) is 0 Å². The second-order valence-corrected chi connectivity index (χ2v) is 6.48. The molecule has 1 aliphatic carbocycles. The minimum Gasteiger partial charge on any atom is -0.313 e. The van der Waals surface area contributed by atoms with Gasteiger partial charge in [0.1, 0.15) is 5.69 Å². The van der Waals surface area contributed by atoms with Crippen molar-refractivity contribution in [3.63, 3.8) is 0 Å². The normalized spacial score (nSPS) is 12.7. The summed E-state index contributed by atoms with van der Waals surface area (Å²) in [6, 6.07) is 20.8. The second-order valence-electron chi connectivity index (χ2n) is 6.48. The lowest BCUT2D eigenvalue weighted by atomic mass is 9.82. The van der Waals surface area contributed by atoms with Crippen LogP contribution in [-0.4, -0.2) is 21.8 Å². The number of hydrogen-bond acceptors (Lipinski definition) is 3. The van der Waals surface area contributed by atoms with E-state index in [1.807, 2.05) is 12.1 Å². The molecule has 0 N–H and O–H groups in total. The lowest BCUT2D eigenvalue weighted by molar-refractivity contribution is 0.0969. The van der Waals surface area contributed by atoms with Crippen LogP contribution in [0.3, 0.4) is 0 Å². The highest BCUT2D eigenvalue weighted by Gasteiger charge is 2.34. The van der Waals surface area contributed by atoms with E-state index < -0.39 is 0 Å². The number of nitrogens with zero attached hydrogens (tertiary/aromatic N) is 1. The number of hydrogen-bond donors (Lipinski definition) is 0. The first-order valence-corrected chi connectivity index (χ1v) is 8.59. The maximum Gasteiger partial charge on any atom is 0.210 e. The van der Waals surface area contributed by atoms with E-state index >= 15 is 0 Å². The Bertz CT molecular complexity index is 1270. The van der Waals surface area contributed by atoms with Crippen molar-refractivity contribution in [3.8, 4) is 0 Å². The summed E-state index contributed by atoms with van der Waals surface area (Å²) in [4.78, 5) is 39.6. The first kappa shape index (κ1) is 15.5. The van der Waals surface area contributed by atoms with Crippen molar-refractivity contribution in [2.45, 2.75) is 0 Å². The summed E-state index contributed by atoms with van der Waals surface area (Å²) in [6.07, 6.45) is 1.74. The Kier molecular flexibility index (Phi) is 3.21. The van der Waals surface area contributed by atoms with Gasteiger partial charge in [0.05, 0.1) is 5.56 Å². The molecule has 0 amide bonds. The number of aromatic nitrogens is 1. The fraction of sp³-hybridized carbons (Fsp3) is 0. The molecule has 2 aromatic heterocycles. The van der Waals surface area contributed by atoms with E-state index in [2.05, 4.69) is 0 Å². The van der Waals surface area contributed by atoms with Gasteiger partial charge in [0.25, 0.3) is 0 Å². The predicted molar refractivity (Wildman–Crippen MR) is 101 cm³/mol. The molecular formula is C23H13NO3. The van der Waals surface area contributed by atoms with Crippen molar-refractivity contribution >= 4 is 22.9 Å². The molecule has 0 spiro atoms. The SMILES string of the molecule is O=C1c2ccccc2C(=O)c2c1cc1cccn1c2C(=O)c1ccccc1. The molecule has 4 heteroatoms. The maximum atomic E-state index is 13.3. The Morgan fingerprint density at radius 1 is 0.704 bits per heavy atom. The molecule has 2 heterocycles. The van der Waals surface area contributed by atoms with Gasteiger partial charge in [-0.25, -0.2) is 0 Å². The van der Waals surface area contributed by atoms with Crippen LogP contribution in [0, 0.1) is 0 Å². The van der Waals surface area contributed by atoms with Crippen molar-refractivity contribution in [1.29, 1.82) is 0 Å². The summed E-state index contributed by atoms with van der Waals surface area (Å²) in [7, 11) is 0. The monoisotopic (exact) mass is 351 g/mol. The molecule has 0 radical (unpaired) electrons. The first-order chi connectivity index (χ1) is 13.2. The topological polar surface area (TPSA) is 55.6 Å². The van der Waals surface area contributed by atoms with Crippen LogP contribution in [-0.2, 0) is 0 Å². The Labute approximate surface area is 154 Å². The van der Waals surface area contributed by atoms with E-state index in [1.165, 1.54) is 0 Å². The van der Waals surface area contributed by atoms with Gasteiger partial charge in [0, 0.05) is 34.0 Å². The number of rotatable bonds is 2. The van der Waals surface area contributed by atoms with Crippen LogP contribution >= 0.6 is 0 Å². The molecule has 0 unspecified atom stereocenters. The van der Waals surface area contributed by atoms with Crippen LogP contribution in [0.1, 0.15) is 47.9 Å². The van der Waals surface area contributed by atoms with Crippen molar-refractivity contribution in [1.82, 2.24) is 4.40 Å². The Morgan fingerprint density at radius 3 is 2.11 bits per heavy atom. The molecule has 27 heavy (non-hydrogen) atoms. The van der Waals surface area contributed by atoms with Crippen molar-refractivity contribution in [2.75, 3.05) is 0 Å². The highest BCUT2D eigenvalue weighted by Crippen LogP contribution is 2.32. The summed E-state index contributed by atoms with van der Waals surface area (Å²) in [6.45, 7) is 0. The van der Waals surface area contributed by atoms with Crippen LogP contribution < -0.4 is 0 Å². The van der Waals surface area contributed by atoms with E-state index in [0.717, 1.165) is 0 Å². The zero-order valence-corrected chi connectivity index (χ0v) is 14.2. The molecular weight excluding hydrogens is 338 g/mol. The summed E-state index contributed by atoms with van der Waals surface area (Å²) < 4.78 is 1.69. The molecule has 0 saturated heterocycles. The predicted octanol–water partition coefficient (Wildman–Crippen LogP) is 3.95. The summed E-state index contributed by atoms with van der Waals surface area (Å²) in [5.41, 5.74) is 2.58. The Morgan fingerprint density at radius 2 is 1.37 bits per heavy atom. The van der Waals surface area contributed by atoms with Crippen molar-refractivity contribution in [3.05, 3.63) is 113 Å². The summed E-state index contributed by atoms with van der Waals surface area (Å²) in [5, 5.41) is 0. The highest BCUT2D eigenvalue weighted by atomic mass is 16.1. The Balaban J connectivity index is 1.87. The van der Waals surface area contributed by atoms with E-state index in [4.69, 9.17) is 0 Å². The lowest BCUT2D eigenvalue weighted by Crippen LogP contribution is -2.26. The fourth-order valence-corrected chi connectivity index (χ4v) is 3.70. The molecule has 1 aliphatic rings. The van der Waals surface area contributed by atoms with Gasteiger partial charge in [-0.2, -0.15) is 0 Å². The van der Waals surface area contributed by atoms with Crippen molar-refractivity contribution in [2.24, 2.45) is 0 Å². The van der Waals surface area contributed by atoms with Crippen LogP contribution in [0.5, 0.6) is 0 Å². The largest absolute Gasteiger partial charge is 0.313 e. The number of benzene rings is 2. The number of carbonyl (C=O) groups excluding carboxylic acids is 3. The third kappa shape index (κ3) is 2.13. The van der Waals surface area contributed by atoms with Gasteiger partial charge in [-0.15, -0.1) is 0 Å². The molecule has 0 atom stereocenters. The van der Waals surface area contributed by atoms with Crippen LogP contribution in [0.15, 0.2) is 79.0 Å². The number of fused-ring (bicyclic) bond motifs is 3. The Hall–Kier alpha value is -3.79. The standard InChI is InChI=1S/C23H13NO3/c25-21(14-7-2-1-3-8-14)20-19-18(13-15-9-6-12-24(15)20)22(26)16-10-4-5-11-17(16)23(19)27/h1-13H. The molecule has 4 nitrogen and oxygen atoms in total. The number of pyridine rings is 1. The molecule has 2 aromatic carbocycles. The molecule has 128 valence electrons. The van der Waals surface area contributed by atoms with Gasteiger partial charge in [-0.05, 0) is 18.2 Å². The second kappa shape index (κ2) is 5.61. The first-order valence-electron chi connectivity index (χ1n) is 8.59. The minimum absolute atomic E-state index is 0.177. The average Bonchev–Trinajstić information content (AvgIpc) is 3.19.